The topological polar surface area (TPSA) is 41.5 Å². The molecule has 1 heterocycles. The Labute approximate surface area is 104 Å². The van der Waals surface area contributed by atoms with E-state index in [-0.39, 0.29) is 0 Å². The van der Waals surface area contributed by atoms with Crippen molar-refractivity contribution in [2.45, 2.75) is 37.5 Å². The van der Waals surface area contributed by atoms with Gasteiger partial charge in [-0.3, -0.25) is 9.20 Å². The molecule has 0 aromatic rings. The number of nitrogens with zero attached hydrogens (tertiary/aromatic N) is 1. The van der Waals surface area contributed by atoms with Crippen molar-refractivity contribution in [3.8, 4) is 0 Å². The first-order valence-electron chi connectivity index (χ1n) is 5.93. The first kappa shape index (κ1) is 12.4. The maximum Gasteiger partial charge on any atom is 0.157 e. The number of hydrogen-bond acceptors (Lipinski definition) is 4. The lowest BCUT2D eigenvalue weighted by molar-refractivity contribution is 0.638. The average Bonchev–Trinajstić information content (AvgIpc) is 2.98. The zero-order chi connectivity index (χ0) is 11.5. The summed E-state index contributed by atoms with van der Waals surface area (Å²) in [7, 11) is -0.680. The quantitative estimate of drug-likeness (QED) is 0.816. The van der Waals surface area contributed by atoms with Crippen molar-refractivity contribution in [1.29, 1.82) is 0 Å². The van der Waals surface area contributed by atoms with Gasteiger partial charge < -0.3 is 5.32 Å². The molecular weight excluding hydrogens is 240 g/mol. The van der Waals surface area contributed by atoms with E-state index in [1.807, 2.05) is 11.8 Å². The monoisotopic (exact) mass is 260 g/mol. The lowest BCUT2D eigenvalue weighted by Crippen LogP contribution is -2.31. The summed E-state index contributed by atoms with van der Waals surface area (Å²) in [6.07, 6.45) is 5.50. The van der Waals surface area contributed by atoms with E-state index in [1.54, 1.807) is 6.26 Å². The molecule has 5 heteroatoms. The zero-order valence-corrected chi connectivity index (χ0v) is 11.6. The van der Waals surface area contributed by atoms with Crippen molar-refractivity contribution in [2.24, 2.45) is 10.9 Å². The van der Waals surface area contributed by atoms with Crippen LogP contribution in [0.2, 0.25) is 0 Å². The number of aliphatic imine (C=N–C) groups is 1. The standard InChI is InChI=1S/C11H20N2OS2/c1-8(5-6-16(2)14)13-11-12-7-10(15-11)9-3-4-9/h8-10H,3-7H2,1-2H3,(H,12,13). The van der Waals surface area contributed by atoms with Crippen molar-refractivity contribution in [3.05, 3.63) is 0 Å². The summed E-state index contributed by atoms with van der Waals surface area (Å²) in [5, 5.41) is 5.26. The Morgan fingerprint density at radius 3 is 3.00 bits per heavy atom. The van der Waals surface area contributed by atoms with Crippen molar-refractivity contribution in [3.63, 3.8) is 0 Å². The third-order valence-electron chi connectivity index (χ3n) is 3.03. The predicted octanol–water partition coefficient (Wildman–Crippen LogP) is 1.61. The molecule has 0 saturated heterocycles. The molecule has 3 unspecified atom stereocenters. The van der Waals surface area contributed by atoms with Crippen LogP contribution in [0, 0.1) is 5.92 Å². The Morgan fingerprint density at radius 1 is 1.62 bits per heavy atom. The summed E-state index contributed by atoms with van der Waals surface area (Å²) >= 11 is 1.91. The van der Waals surface area contributed by atoms with Gasteiger partial charge in [-0.05, 0) is 32.1 Å². The van der Waals surface area contributed by atoms with Gasteiger partial charge in [0.1, 0.15) is 0 Å². The Bertz CT molecular complexity index is 302. The van der Waals surface area contributed by atoms with E-state index in [1.165, 1.54) is 12.8 Å². The van der Waals surface area contributed by atoms with E-state index in [9.17, 15) is 4.21 Å². The van der Waals surface area contributed by atoms with E-state index in [4.69, 9.17) is 0 Å². The Balaban J connectivity index is 1.67. The van der Waals surface area contributed by atoms with Crippen LogP contribution in [0.25, 0.3) is 0 Å². The van der Waals surface area contributed by atoms with Crippen LogP contribution in [0.5, 0.6) is 0 Å². The normalized spacial score (nSPS) is 28.6. The maximum absolute atomic E-state index is 11.0. The Kier molecular flexibility index (Phi) is 4.30. The number of thioether (sulfide) groups is 1. The number of nitrogens with one attached hydrogen (secondary N) is 1. The van der Waals surface area contributed by atoms with Crippen molar-refractivity contribution < 1.29 is 4.21 Å². The molecule has 1 aliphatic carbocycles. The van der Waals surface area contributed by atoms with Gasteiger partial charge in [0.05, 0.1) is 6.54 Å². The van der Waals surface area contributed by atoms with Gasteiger partial charge in [-0.15, -0.1) is 0 Å². The number of hydrogen-bond donors (Lipinski definition) is 1. The molecule has 2 aliphatic rings. The van der Waals surface area contributed by atoms with E-state index in [0.717, 1.165) is 35.1 Å². The fourth-order valence-corrected chi connectivity index (χ4v) is 3.81. The largest absolute Gasteiger partial charge is 0.362 e. The maximum atomic E-state index is 11.0. The predicted molar refractivity (Wildman–Crippen MR) is 72.6 cm³/mol. The molecule has 1 saturated carbocycles. The number of amidine groups is 1. The highest BCUT2D eigenvalue weighted by Gasteiger charge is 2.35. The zero-order valence-electron chi connectivity index (χ0n) is 9.94. The molecule has 16 heavy (non-hydrogen) atoms. The van der Waals surface area contributed by atoms with Gasteiger partial charge in [0.2, 0.25) is 0 Å². The van der Waals surface area contributed by atoms with Crippen LogP contribution in [-0.4, -0.2) is 39.2 Å². The molecule has 1 fully saturated rings. The van der Waals surface area contributed by atoms with E-state index in [0.29, 0.717) is 6.04 Å². The van der Waals surface area contributed by atoms with Gasteiger partial charge in [0.15, 0.2) is 5.17 Å². The lowest BCUT2D eigenvalue weighted by Gasteiger charge is -2.14. The highest BCUT2D eigenvalue weighted by atomic mass is 32.2. The first-order chi connectivity index (χ1) is 7.65. The molecule has 0 aromatic carbocycles. The van der Waals surface area contributed by atoms with Crippen LogP contribution < -0.4 is 5.32 Å². The second-order valence-electron chi connectivity index (χ2n) is 4.75. The summed E-state index contributed by atoms with van der Waals surface area (Å²) in [6, 6.07) is 0.383. The van der Waals surface area contributed by atoms with Gasteiger partial charge in [0.25, 0.3) is 0 Å². The minimum absolute atomic E-state index is 0.383. The molecule has 0 aromatic heterocycles. The molecule has 0 spiro atoms. The highest BCUT2D eigenvalue weighted by molar-refractivity contribution is 8.14. The summed E-state index contributed by atoms with van der Waals surface area (Å²) in [6.45, 7) is 3.13. The molecule has 3 nitrogen and oxygen atoms in total. The second-order valence-corrected chi connectivity index (χ2v) is 7.53. The average molecular weight is 260 g/mol. The molecule has 2 rings (SSSR count). The fraction of sp³-hybridized carbons (Fsp3) is 0.909. The lowest BCUT2D eigenvalue weighted by atomic mass is 10.3. The molecule has 0 radical (unpaired) electrons. The smallest absolute Gasteiger partial charge is 0.157 e. The summed E-state index contributed by atoms with van der Waals surface area (Å²) < 4.78 is 11.0. The fourth-order valence-electron chi connectivity index (χ4n) is 1.81. The third-order valence-corrected chi connectivity index (χ3v) is 5.15. The minimum Gasteiger partial charge on any atom is -0.362 e. The van der Waals surface area contributed by atoms with Crippen molar-refractivity contribution in [2.75, 3.05) is 18.6 Å². The Hall–Kier alpha value is -0.0300. The molecule has 1 N–H and O–H groups in total. The second kappa shape index (κ2) is 5.54. The summed E-state index contributed by atoms with van der Waals surface area (Å²) in [4.78, 5) is 4.54. The minimum atomic E-state index is -0.680. The third kappa shape index (κ3) is 3.77. The highest BCUT2D eigenvalue weighted by Crippen LogP contribution is 2.41. The number of rotatable bonds is 5. The Morgan fingerprint density at radius 2 is 2.38 bits per heavy atom. The van der Waals surface area contributed by atoms with Crippen LogP contribution in [0.15, 0.2) is 4.99 Å². The van der Waals surface area contributed by atoms with Gasteiger partial charge in [-0.1, -0.05) is 11.8 Å². The van der Waals surface area contributed by atoms with Gasteiger partial charge in [-0.2, -0.15) is 0 Å². The van der Waals surface area contributed by atoms with E-state index in [2.05, 4.69) is 17.2 Å². The molecule has 92 valence electrons. The molecule has 0 bridgehead atoms. The van der Waals surface area contributed by atoms with Gasteiger partial charge >= 0.3 is 0 Å². The van der Waals surface area contributed by atoms with Crippen LogP contribution >= 0.6 is 11.8 Å². The molecule has 1 aliphatic heterocycles. The SMILES string of the molecule is CC(CCS(C)=O)NC1=NCC(C2CC2)S1. The van der Waals surface area contributed by atoms with Crippen LogP contribution in [0.4, 0.5) is 0 Å². The van der Waals surface area contributed by atoms with Crippen molar-refractivity contribution in [1.82, 2.24) is 5.32 Å². The van der Waals surface area contributed by atoms with Crippen molar-refractivity contribution >= 4 is 27.7 Å². The van der Waals surface area contributed by atoms with Crippen LogP contribution in [0.1, 0.15) is 26.2 Å². The summed E-state index contributed by atoms with van der Waals surface area (Å²) in [5.41, 5.74) is 0. The molecule has 3 atom stereocenters. The van der Waals surface area contributed by atoms with Gasteiger partial charge in [-0.25, -0.2) is 0 Å². The van der Waals surface area contributed by atoms with Gasteiger partial charge in [0, 0.05) is 34.1 Å². The first-order valence-corrected chi connectivity index (χ1v) is 8.53. The van der Waals surface area contributed by atoms with Crippen LogP contribution in [-0.2, 0) is 10.8 Å². The van der Waals surface area contributed by atoms with E-state index < -0.39 is 10.8 Å². The molecular formula is C11H20N2OS2. The van der Waals surface area contributed by atoms with E-state index >= 15 is 0 Å². The molecule has 0 amide bonds. The van der Waals surface area contributed by atoms with Crippen LogP contribution in [0.3, 0.4) is 0 Å². The summed E-state index contributed by atoms with van der Waals surface area (Å²) in [5.74, 6) is 1.70.